The van der Waals surface area contributed by atoms with Gasteiger partial charge in [-0.2, -0.15) is 13.2 Å². The van der Waals surface area contributed by atoms with Crippen LogP contribution < -0.4 is 10.6 Å². The van der Waals surface area contributed by atoms with Crippen LogP contribution in [0.5, 0.6) is 0 Å². The first-order valence-corrected chi connectivity index (χ1v) is 10.2. The molecule has 0 aliphatic carbocycles. The first-order valence-electron chi connectivity index (χ1n) is 10.2. The van der Waals surface area contributed by atoms with Crippen LogP contribution in [0.25, 0.3) is 0 Å². The predicted octanol–water partition coefficient (Wildman–Crippen LogP) is 4.12. The number of nitrogens with zero attached hydrogens (tertiary/aromatic N) is 2. The molecule has 2 heterocycles. The number of benzene rings is 1. The van der Waals surface area contributed by atoms with E-state index in [-0.39, 0.29) is 18.5 Å². The Balaban J connectivity index is 1.27. The molecule has 0 spiro atoms. The summed E-state index contributed by atoms with van der Waals surface area (Å²) < 4.78 is 38.5. The maximum absolute atomic E-state index is 12.8. The minimum Gasteiger partial charge on any atom is -0.352 e. The third-order valence-electron chi connectivity index (χ3n) is 5.13. The molecule has 2 aromatic rings. The van der Waals surface area contributed by atoms with Crippen LogP contribution in [0, 0.1) is 0 Å². The number of alkyl halides is 3. The second-order valence-electron chi connectivity index (χ2n) is 7.48. The fourth-order valence-electron chi connectivity index (χ4n) is 3.43. The molecule has 2 N–H and O–H groups in total. The van der Waals surface area contributed by atoms with Crippen molar-refractivity contribution in [2.75, 3.05) is 13.1 Å². The summed E-state index contributed by atoms with van der Waals surface area (Å²) in [6.07, 6.45) is 2.20. The van der Waals surface area contributed by atoms with Crippen LogP contribution in [0.15, 0.2) is 42.7 Å². The summed E-state index contributed by atoms with van der Waals surface area (Å²) in [5.41, 5.74) is 1.13. The van der Waals surface area contributed by atoms with E-state index in [4.69, 9.17) is 0 Å². The highest BCUT2D eigenvalue weighted by Crippen LogP contribution is 2.33. The van der Waals surface area contributed by atoms with Crippen LogP contribution in [0.1, 0.15) is 52.7 Å². The van der Waals surface area contributed by atoms with Gasteiger partial charge in [0.05, 0.1) is 11.1 Å². The van der Waals surface area contributed by atoms with E-state index in [1.807, 2.05) is 0 Å². The van der Waals surface area contributed by atoms with Crippen molar-refractivity contribution < 1.29 is 22.8 Å². The molecule has 3 amide bonds. The topological polar surface area (TPSA) is 74.3 Å². The van der Waals surface area contributed by atoms with Gasteiger partial charge in [0, 0.05) is 38.6 Å². The lowest BCUT2D eigenvalue weighted by Crippen LogP contribution is -2.36. The summed E-state index contributed by atoms with van der Waals surface area (Å²) in [4.78, 5) is 29.6. The number of hydrogen-bond acceptors (Lipinski definition) is 3. The summed E-state index contributed by atoms with van der Waals surface area (Å²) in [6, 6.07) is 6.77. The predicted molar refractivity (Wildman–Crippen MR) is 109 cm³/mol. The second-order valence-corrected chi connectivity index (χ2v) is 7.48. The normalized spacial score (nSPS) is 13.1. The molecule has 1 aromatic heterocycles. The van der Waals surface area contributed by atoms with E-state index in [0.717, 1.165) is 43.4 Å². The zero-order valence-electron chi connectivity index (χ0n) is 17.0. The van der Waals surface area contributed by atoms with E-state index in [9.17, 15) is 22.8 Å². The van der Waals surface area contributed by atoms with Crippen molar-refractivity contribution >= 4 is 11.9 Å². The molecule has 0 fully saturated rings. The van der Waals surface area contributed by atoms with Crippen LogP contribution in [-0.4, -0.2) is 34.9 Å². The lowest BCUT2D eigenvalue weighted by Gasteiger charge is -2.16. The molecule has 0 bridgehead atoms. The first-order chi connectivity index (χ1) is 14.8. The van der Waals surface area contributed by atoms with Gasteiger partial charge >= 0.3 is 12.2 Å². The zero-order valence-corrected chi connectivity index (χ0v) is 17.0. The SMILES string of the molecule is O=C(NCCCCCCNC(=O)N1Cc2ccc(C(F)(F)F)cc2C1)c1cccnc1. The standard InChI is InChI=1S/C22H25F3N4O2/c23-22(24,25)19-8-7-17-14-29(15-18(17)12-19)21(31)28-11-4-2-1-3-10-27-20(30)16-6-5-9-26-13-16/h5-9,12-13H,1-4,10-11,14-15H2,(H,27,30)(H,28,31). The Kier molecular flexibility index (Phi) is 7.49. The van der Waals surface area contributed by atoms with Gasteiger partial charge in [-0.1, -0.05) is 18.9 Å². The van der Waals surface area contributed by atoms with E-state index < -0.39 is 11.7 Å². The van der Waals surface area contributed by atoms with Gasteiger partial charge in [0.15, 0.2) is 0 Å². The van der Waals surface area contributed by atoms with Gasteiger partial charge in [-0.05, 0) is 48.2 Å². The molecule has 1 aliphatic rings. The summed E-state index contributed by atoms with van der Waals surface area (Å²) in [5.74, 6) is -0.144. The third-order valence-corrected chi connectivity index (χ3v) is 5.13. The van der Waals surface area contributed by atoms with Gasteiger partial charge in [-0.15, -0.1) is 0 Å². The minimum absolute atomic E-state index is 0.144. The van der Waals surface area contributed by atoms with Crippen molar-refractivity contribution in [3.8, 4) is 0 Å². The molecule has 0 saturated heterocycles. The number of unbranched alkanes of at least 4 members (excludes halogenated alkanes) is 3. The van der Waals surface area contributed by atoms with Crippen LogP contribution >= 0.6 is 0 Å². The molecule has 166 valence electrons. The Labute approximate surface area is 178 Å². The smallest absolute Gasteiger partial charge is 0.352 e. The number of urea groups is 1. The average molecular weight is 434 g/mol. The molecule has 1 aromatic carbocycles. The molecular formula is C22H25F3N4O2. The average Bonchev–Trinajstić information content (AvgIpc) is 3.19. The largest absolute Gasteiger partial charge is 0.416 e. The third kappa shape index (κ3) is 6.44. The number of halogens is 3. The molecule has 3 rings (SSSR count). The molecule has 31 heavy (non-hydrogen) atoms. The maximum atomic E-state index is 12.8. The van der Waals surface area contributed by atoms with Crippen molar-refractivity contribution in [2.45, 2.75) is 44.9 Å². The molecule has 9 heteroatoms. The minimum atomic E-state index is -4.38. The Morgan fingerprint density at radius 3 is 2.35 bits per heavy atom. The van der Waals surface area contributed by atoms with Crippen molar-refractivity contribution in [3.05, 3.63) is 65.0 Å². The van der Waals surface area contributed by atoms with Crippen molar-refractivity contribution in [1.82, 2.24) is 20.5 Å². The molecular weight excluding hydrogens is 409 g/mol. The van der Waals surface area contributed by atoms with Gasteiger partial charge in [-0.25, -0.2) is 4.79 Å². The number of pyridine rings is 1. The van der Waals surface area contributed by atoms with Crippen molar-refractivity contribution in [1.29, 1.82) is 0 Å². The summed E-state index contributed by atoms with van der Waals surface area (Å²) in [6.45, 7) is 1.57. The molecule has 6 nitrogen and oxygen atoms in total. The zero-order chi connectivity index (χ0) is 22.3. The molecule has 0 radical (unpaired) electrons. The number of rotatable bonds is 8. The molecule has 0 atom stereocenters. The highest BCUT2D eigenvalue weighted by atomic mass is 19.4. The summed E-state index contributed by atoms with van der Waals surface area (Å²) >= 11 is 0. The number of amides is 3. The molecule has 1 aliphatic heterocycles. The quantitative estimate of drug-likeness (QED) is 0.614. The van der Waals surface area contributed by atoms with Crippen LogP contribution in [0.3, 0.4) is 0 Å². The monoisotopic (exact) mass is 434 g/mol. The Morgan fingerprint density at radius 1 is 0.968 bits per heavy atom. The van der Waals surface area contributed by atoms with Gasteiger partial charge in [0.1, 0.15) is 0 Å². The number of aromatic nitrogens is 1. The van der Waals surface area contributed by atoms with E-state index in [2.05, 4.69) is 15.6 Å². The number of fused-ring (bicyclic) bond motifs is 1. The summed E-state index contributed by atoms with van der Waals surface area (Å²) in [5, 5.41) is 5.66. The van der Waals surface area contributed by atoms with Gasteiger partial charge in [0.2, 0.25) is 0 Å². The van der Waals surface area contributed by atoms with E-state index in [1.165, 1.54) is 17.2 Å². The lowest BCUT2D eigenvalue weighted by atomic mass is 10.1. The van der Waals surface area contributed by atoms with Crippen molar-refractivity contribution in [3.63, 3.8) is 0 Å². The van der Waals surface area contributed by atoms with E-state index >= 15 is 0 Å². The second kappa shape index (κ2) is 10.3. The van der Waals surface area contributed by atoms with Gasteiger partial charge < -0.3 is 15.5 Å². The fraction of sp³-hybridized carbons (Fsp3) is 0.409. The fourth-order valence-corrected chi connectivity index (χ4v) is 3.43. The maximum Gasteiger partial charge on any atom is 0.416 e. The van der Waals surface area contributed by atoms with Crippen LogP contribution in [0.4, 0.5) is 18.0 Å². The number of hydrogen-bond donors (Lipinski definition) is 2. The number of nitrogens with one attached hydrogen (secondary N) is 2. The van der Waals surface area contributed by atoms with E-state index in [0.29, 0.717) is 30.8 Å². The highest BCUT2D eigenvalue weighted by molar-refractivity contribution is 5.93. The van der Waals surface area contributed by atoms with Crippen molar-refractivity contribution in [2.24, 2.45) is 0 Å². The number of carbonyl (C=O) groups is 2. The van der Waals surface area contributed by atoms with Crippen LogP contribution in [0.2, 0.25) is 0 Å². The summed E-state index contributed by atoms with van der Waals surface area (Å²) in [7, 11) is 0. The molecule has 0 unspecified atom stereocenters. The van der Waals surface area contributed by atoms with Gasteiger partial charge in [0.25, 0.3) is 5.91 Å². The van der Waals surface area contributed by atoms with Gasteiger partial charge in [-0.3, -0.25) is 9.78 Å². The Morgan fingerprint density at radius 2 is 1.68 bits per heavy atom. The van der Waals surface area contributed by atoms with Crippen LogP contribution in [-0.2, 0) is 19.3 Å². The highest BCUT2D eigenvalue weighted by Gasteiger charge is 2.32. The Hall–Kier alpha value is -3.10. The number of carbonyl (C=O) groups excluding carboxylic acids is 2. The molecule has 0 saturated carbocycles. The Bertz CT molecular complexity index is 903. The first kappa shape index (κ1) is 22.6. The lowest BCUT2D eigenvalue weighted by molar-refractivity contribution is -0.137. The van der Waals surface area contributed by atoms with E-state index in [1.54, 1.807) is 18.3 Å².